The fraction of sp³-hybridized carbons (Fsp3) is 0.500. The number of amides is 1. The highest BCUT2D eigenvalue weighted by atomic mass is 32.1. The monoisotopic (exact) mass is 360 g/mol. The molecule has 1 unspecified atom stereocenters. The van der Waals surface area contributed by atoms with Crippen molar-refractivity contribution in [1.82, 2.24) is 20.4 Å². The number of aromatic nitrogens is 2. The summed E-state index contributed by atoms with van der Waals surface area (Å²) in [7, 11) is 0. The molecule has 2 aromatic rings. The first-order valence-corrected chi connectivity index (χ1v) is 9.44. The van der Waals surface area contributed by atoms with Crippen LogP contribution in [0.4, 0.5) is 0 Å². The Balaban J connectivity index is 1.38. The van der Waals surface area contributed by atoms with E-state index in [-0.39, 0.29) is 12.0 Å². The summed E-state index contributed by atoms with van der Waals surface area (Å²) in [4.78, 5) is 14.5. The van der Waals surface area contributed by atoms with Crippen molar-refractivity contribution in [3.63, 3.8) is 0 Å². The van der Waals surface area contributed by atoms with E-state index in [1.165, 1.54) is 5.56 Å². The first kappa shape index (κ1) is 18.0. The van der Waals surface area contributed by atoms with Crippen molar-refractivity contribution in [1.29, 1.82) is 0 Å². The summed E-state index contributed by atoms with van der Waals surface area (Å²) in [6.45, 7) is 5.80. The van der Waals surface area contributed by atoms with E-state index < -0.39 is 0 Å². The van der Waals surface area contributed by atoms with Crippen LogP contribution in [0.2, 0.25) is 0 Å². The Bertz CT molecular complexity index is 677. The average molecular weight is 360 g/mol. The first-order chi connectivity index (χ1) is 12.2. The number of ether oxygens (including phenoxy) is 1. The molecule has 3 rings (SSSR count). The Morgan fingerprint density at radius 3 is 2.96 bits per heavy atom. The highest BCUT2D eigenvalue weighted by Crippen LogP contribution is 2.13. The number of rotatable bonds is 7. The molecule has 1 aromatic carbocycles. The Morgan fingerprint density at radius 1 is 1.36 bits per heavy atom. The van der Waals surface area contributed by atoms with Crippen molar-refractivity contribution < 1.29 is 9.53 Å². The minimum absolute atomic E-state index is 0.0350. The van der Waals surface area contributed by atoms with E-state index in [1.54, 1.807) is 11.3 Å². The van der Waals surface area contributed by atoms with Crippen LogP contribution in [0.25, 0.3) is 0 Å². The summed E-state index contributed by atoms with van der Waals surface area (Å²) in [6, 6.07) is 10.4. The van der Waals surface area contributed by atoms with Crippen LogP contribution >= 0.6 is 11.3 Å². The van der Waals surface area contributed by atoms with Gasteiger partial charge < -0.3 is 10.1 Å². The van der Waals surface area contributed by atoms with Gasteiger partial charge in [-0.2, -0.15) is 0 Å². The van der Waals surface area contributed by atoms with Crippen LogP contribution in [0.15, 0.2) is 30.3 Å². The van der Waals surface area contributed by atoms with Gasteiger partial charge >= 0.3 is 0 Å². The fourth-order valence-electron chi connectivity index (χ4n) is 2.92. The maximum atomic E-state index is 12.1. The van der Waals surface area contributed by atoms with Gasteiger partial charge in [0, 0.05) is 32.6 Å². The van der Waals surface area contributed by atoms with Gasteiger partial charge in [-0.1, -0.05) is 30.3 Å². The van der Waals surface area contributed by atoms with Crippen molar-refractivity contribution >= 4 is 17.2 Å². The second kappa shape index (κ2) is 9.03. The van der Waals surface area contributed by atoms with Gasteiger partial charge in [-0.05, 0) is 12.5 Å². The van der Waals surface area contributed by atoms with Gasteiger partial charge in [0.25, 0.3) is 0 Å². The predicted molar refractivity (Wildman–Crippen MR) is 97.4 cm³/mol. The lowest BCUT2D eigenvalue weighted by Gasteiger charge is -2.32. The van der Waals surface area contributed by atoms with Crippen molar-refractivity contribution in [2.45, 2.75) is 32.4 Å². The SMILES string of the molecule is Cc1nnc(CCNC(=O)CC2CN(Cc3ccccc3)CCO2)s1. The largest absolute Gasteiger partial charge is 0.375 e. The molecule has 0 spiro atoms. The third-order valence-corrected chi connectivity index (χ3v) is 5.01. The standard InChI is InChI=1S/C18H24N4O2S/c1-14-20-21-18(25-14)7-8-19-17(23)11-16-13-22(9-10-24-16)12-15-5-3-2-4-6-15/h2-6,16H,7-13H2,1H3,(H,19,23). The van der Waals surface area contributed by atoms with Crippen molar-refractivity contribution in [3.05, 3.63) is 45.9 Å². The van der Waals surface area contributed by atoms with Crippen molar-refractivity contribution in [2.24, 2.45) is 0 Å². The third kappa shape index (κ3) is 5.88. The minimum Gasteiger partial charge on any atom is -0.375 e. The van der Waals surface area contributed by atoms with Crippen LogP contribution in [0.1, 0.15) is 22.0 Å². The summed E-state index contributed by atoms with van der Waals surface area (Å²) < 4.78 is 5.76. The van der Waals surface area contributed by atoms with Crippen molar-refractivity contribution in [3.8, 4) is 0 Å². The van der Waals surface area contributed by atoms with Gasteiger partial charge in [-0.25, -0.2) is 0 Å². The van der Waals surface area contributed by atoms with Crippen LogP contribution in [-0.2, 0) is 22.5 Å². The molecule has 1 aromatic heterocycles. The smallest absolute Gasteiger partial charge is 0.222 e. The molecular formula is C18H24N4O2S. The summed E-state index contributed by atoms with van der Waals surface area (Å²) in [5, 5.41) is 12.9. The molecule has 1 atom stereocenters. The Kier molecular flexibility index (Phi) is 6.49. The molecule has 2 heterocycles. The maximum Gasteiger partial charge on any atom is 0.222 e. The van der Waals surface area contributed by atoms with Gasteiger partial charge in [0.05, 0.1) is 19.1 Å². The average Bonchev–Trinajstić information content (AvgIpc) is 3.01. The lowest BCUT2D eigenvalue weighted by molar-refractivity contribution is -0.126. The lowest BCUT2D eigenvalue weighted by Crippen LogP contribution is -2.44. The number of nitrogens with zero attached hydrogens (tertiary/aromatic N) is 3. The van der Waals surface area contributed by atoms with Gasteiger partial charge in [0.1, 0.15) is 10.0 Å². The number of carbonyl (C=O) groups excluding carboxylic acids is 1. The zero-order valence-corrected chi connectivity index (χ0v) is 15.3. The molecule has 0 aliphatic carbocycles. The van der Waals surface area contributed by atoms with Gasteiger partial charge in [0.15, 0.2) is 0 Å². The highest BCUT2D eigenvalue weighted by molar-refractivity contribution is 7.11. The van der Waals surface area contributed by atoms with E-state index in [0.717, 1.165) is 36.1 Å². The van der Waals surface area contributed by atoms with Crippen LogP contribution in [0.3, 0.4) is 0 Å². The molecule has 25 heavy (non-hydrogen) atoms. The Morgan fingerprint density at radius 2 is 2.20 bits per heavy atom. The van der Waals surface area contributed by atoms with E-state index in [9.17, 15) is 4.79 Å². The predicted octanol–water partition coefficient (Wildman–Crippen LogP) is 1.80. The van der Waals surface area contributed by atoms with Crippen molar-refractivity contribution in [2.75, 3.05) is 26.2 Å². The molecule has 0 radical (unpaired) electrons. The molecule has 1 N–H and O–H groups in total. The normalized spacial score (nSPS) is 18.2. The molecule has 7 heteroatoms. The van der Waals surface area contributed by atoms with Gasteiger partial charge in [-0.3, -0.25) is 9.69 Å². The quantitative estimate of drug-likeness (QED) is 0.815. The van der Waals surface area contributed by atoms with Crippen LogP contribution in [0, 0.1) is 6.92 Å². The lowest BCUT2D eigenvalue weighted by atomic mass is 10.1. The topological polar surface area (TPSA) is 67.4 Å². The molecule has 1 fully saturated rings. The molecule has 0 bridgehead atoms. The number of benzene rings is 1. The number of nitrogens with one attached hydrogen (secondary N) is 1. The Hall–Kier alpha value is -1.83. The summed E-state index contributed by atoms with van der Waals surface area (Å²) in [5.74, 6) is 0.0350. The van der Waals surface area contributed by atoms with E-state index in [0.29, 0.717) is 19.6 Å². The maximum absolute atomic E-state index is 12.1. The second-order valence-electron chi connectivity index (χ2n) is 6.23. The third-order valence-electron chi connectivity index (χ3n) is 4.11. The summed E-state index contributed by atoms with van der Waals surface area (Å²) in [5.41, 5.74) is 1.29. The summed E-state index contributed by atoms with van der Waals surface area (Å²) >= 11 is 1.57. The molecule has 1 amide bonds. The number of carbonyl (C=O) groups is 1. The second-order valence-corrected chi connectivity index (χ2v) is 7.50. The number of aryl methyl sites for hydroxylation is 1. The summed E-state index contributed by atoms with van der Waals surface area (Å²) in [6.07, 6.45) is 1.09. The Labute approximate surface area is 152 Å². The van der Waals surface area contributed by atoms with E-state index in [4.69, 9.17) is 4.74 Å². The molecule has 1 aliphatic heterocycles. The number of hydrogen-bond donors (Lipinski definition) is 1. The molecule has 134 valence electrons. The number of morpholine rings is 1. The van der Waals surface area contributed by atoms with Gasteiger partial charge in [-0.15, -0.1) is 21.5 Å². The minimum atomic E-state index is -0.0405. The van der Waals surface area contributed by atoms with Crippen LogP contribution in [-0.4, -0.2) is 53.3 Å². The highest BCUT2D eigenvalue weighted by Gasteiger charge is 2.22. The number of hydrogen-bond acceptors (Lipinski definition) is 6. The van der Waals surface area contributed by atoms with Crippen LogP contribution in [0.5, 0.6) is 0 Å². The first-order valence-electron chi connectivity index (χ1n) is 8.62. The van der Waals surface area contributed by atoms with E-state index in [2.05, 4.69) is 44.7 Å². The van der Waals surface area contributed by atoms with Crippen LogP contribution < -0.4 is 5.32 Å². The molecule has 1 saturated heterocycles. The molecule has 1 aliphatic rings. The molecule has 6 nitrogen and oxygen atoms in total. The fourth-order valence-corrected chi connectivity index (χ4v) is 3.62. The molecule has 0 saturated carbocycles. The van der Waals surface area contributed by atoms with E-state index in [1.807, 2.05) is 13.0 Å². The zero-order chi connectivity index (χ0) is 17.5. The molecular weight excluding hydrogens is 336 g/mol. The van der Waals surface area contributed by atoms with E-state index >= 15 is 0 Å². The zero-order valence-electron chi connectivity index (χ0n) is 14.5. The van der Waals surface area contributed by atoms with Gasteiger partial charge in [0.2, 0.25) is 5.91 Å².